The average Bonchev–Trinajstić information content (AvgIpc) is 3.23. The normalized spacial score (nSPS) is 16.2. The summed E-state index contributed by atoms with van der Waals surface area (Å²) in [5, 5.41) is 10.3. The van der Waals surface area contributed by atoms with Crippen molar-refractivity contribution in [1.82, 2.24) is 14.8 Å². The number of H-pyrrole nitrogens is 1. The Kier molecular flexibility index (Phi) is 5.56. The zero-order valence-electron chi connectivity index (χ0n) is 17.7. The molecule has 4 aromatic rings. The first-order valence-electron chi connectivity index (χ1n) is 10.5. The Hall–Kier alpha value is -3.73. The van der Waals surface area contributed by atoms with Crippen LogP contribution in [0.25, 0.3) is 10.9 Å². The number of carbonyl (C=O) groups is 1. The molecule has 0 bridgehead atoms. The number of ether oxygens (including phenoxy) is 1. The number of sulfonamides is 1. The molecule has 174 valence electrons. The number of hydroxylamine groups is 1. The molecule has 0 aliphatic carbocycles. The van der Waals surface area contributed by atoms with Crippen LogP contribution in [-0.4, -0.2) is 35.4 Å². The minimum Gasteiger partial charge on any atom is -0.457 e. The van der Waals surface area contributed by atoms with Gasteiger partial charge < -0.3 is 9.72 Å². The maximum atomic E-state index is 13.5. The first-order valence-corrected chi connectivity index (χ1v) is 11.9. The van der Waals surface area contributed by atoms with Crippen molar-refractivity contribution in [3.8, 4) is 11.5 Å². The number of amides is 1. The van der Waals surface area contributed by atoms with Crippen LogP contribution in [0.1, 0.15) is 17.3 Å². The number of fused-ring (bicyclic) bond motifs is 3. The highest BCUT2D eigenvalue weighted by Crippen LogP contribution is 2.38. The first kappa shape index (κ1) is 22.1. The van der Waals surface area contributed by atoms with E-state index >= 15 is 0 Å². The van der Waals surface area contributed by atoms with Crippen LogP contribution < -0.4 is 10.2 Å². The molecule has 3 N–H and O–H groups in total. The number of nitrogens with one attached hydrogen (secondary N) is 2. The zero-order valence-corrected chi connectivity index (χ0v) is 18.5. The molecule has 34 heavy (non-hydrogen) atoms. The van der Waals surface area contributed by atoms with E-state index in [1.807, 2.05) is 24.3 Å². The van der Waals surface area contributed by atoms with Crippen LogP contribution >= 0.6 is 0 Å². The average molecular weight is 482 g/mol. The summed E-state index contributed by atoms with van der Waals surface area (Å²) < 4.78 is 46.8. The summed E-state index contributed by atoms with van der Waals surface area (Å²) in [6, 6.07) is 17.4. The van der Waals surface area contributed by atoms with E-state index in [1.165, 1.54) is 48.5 Å². The van der Waals surface area contributed by atoms with Crippen LogP contribution in [0.4, 0.5) is 4.39 Å². The van der Waals surface area contributed by atoms with E-state index in [0.717, 1.165) is 20.8 Å². The van der Waals surface area contributed by atoms with Gasteiger partial charge in [-0.05, 0) is 66.6 Å². The van der Waals surface area contributed by atoms with Gasteiger partial charge in [0.2, 0.25) is 10.0 Å². The van der Waals surface area contributed by atoms with Crippen molar-refractivity contribution in [3.05, 3.63) is 89.9 Å². The fourth-order valence-electron chi connectivity index (χ4n) is 4.25. The van der Waals surface area contributed by atoms with E-state index < -0.39 is 27.8 Å². The summed E-state index contributed by atoms with van der Waals surface area (Å²) >= 11 is 0. The third kappa shape index (κ3) is 3.81. The van der Waals surface area contributed by atoms with Crippen LogP contribution in [0, 0.1) is 5.82 Å². The van der Waals surface area contributed by atoms with E-state index in [2.05, 4.69) is 4.98 Å². The lowest BCUT2D eigenvalue weighted by molar-refractivity contribution is -0.133. The molecule has 1 aliphatic heterocycles. The highest BCUT2D eigenvalue weighted by molar-refractivity contribution is 7.89. The van der Waals surface area contributed by atoms with E-state index in [-0.39, 0.29) is 11.4 Å². The Morgan fingerprint density at radius 3 is 2.35 bits per heavy atom. The number of benzene rings is 3. The molecule has 0 spiro atoms. The molecule has 0 saturated heterocycles. The van der Waals surface area contributed by atoms with Gasteiger partial charge >= 0.3 is 0 Å². The Morgan fingerprint density at radius 2 is 1.68 bits per heavy atom. The molecule has 2 heterocycles. The van der Waals surface area contributed by atoms with Crippen LogP contribution in [0.15, 0.2) is 77.7 Å². The number of aromatic nitrogens is 1. The molecule has 0 radical (unpaired) electrons. The predicted octanol–water partition coefficient (Wildman–Crippen LogP) is 3.89. The topological polar surface area (TPSA) is 112 Å². The molecule has 10 heteroatoms. The lowest BCUT2D eigenvalue weighted by atomic mass is 9.99. The number of halogens is 1. The summed E-state index contributed by atoms with van der Waals surface area (Å²) in [5.74, 6) is -0.479. The van der Waals surface area contributed by atoms with Gasteiger partial charge in [-0.2, -0.15) is 4.31 Å². The van der Waals surface area contributed by atoms with E-state index in [4.69, 9.17) is 4.74 Å². The molecule has 1 amide bonds. The minimum atomic E-state index is -4.11. The molecule has 1 aliphatic rings. The third-order valence-corrected chi connectivity index (χ3v) is 7.71. The molecular formula is C24H20FN3O5S. The van der Waals surface area contributed by atoms with E-state index in [0.29, 0.717) is 23.6 Å². The van der Waals surface area contributed by atoms with Gasteiger partial charge in [0.15, 0.2) is 0 Å². The fraction of sp³-hybridized carbons (Fsp3) is 0.125. The van der Waals surface area contributed by atoms with E-state index in [1.54, 1.807) is 5.48 Å². The van der Waals surface area contributed by atoms with Gasteiger partial charge in [-0.15, -0.1) is 0 Å². The van der Waals surface area contributed by atoms with Gasteiger partial charge in [-0.1, -0.05) is 18.2 Å². The number of hydrogen-bond acceptors (Lipinski definition) is 5. The molecule has 0 saturated carbocycles. The summed E-state index contributed by atoms with van der Waals surface area (Å²) in [6.45, 7) is 0.0586. The van der Waals surface area contributed by atoms with Crippen LogP contribution in [-0.2, 0) is 21.2 Å². The fourth-order valence-corrected chi connectivity index (χ4v) is 5.82. The maximum absolute atomic E-state index is 13.5. The molecule has 1 atom stereocenters. The summed E-state index contributed by atoms with van der Waals surface area (Å²) in [7, 11) is -4.11. The molecular weight excluding hydrogens is 461 g/mol. The van der Waals surface area contributed by atoms with Crippen LogP contribution in [0.3, 0.4) is 0 Å². The maximum Gasteiger partial charge on any atom is 0.267 e. The van der Waals surface area contributed by atoms with Gasteiger partial charge in [0.1, 0.15) is 23.4 Å². The number of para-hydroxylation sites is 1. The van der Waals surface area contributed by atoms with Gasteiger partial charge in [0.25, 0.3) is 5.91 Å². The lowest BCUT2D eigenvalue weighted by Gasteiger charge is -2.33. The summed E-state index contributed by atoms with van der Waals surface area (Å²) in [4.78, 5) is 15.8. The second kappa shape index (κ2) is 8.56. The quantitative estimate of drug-likeness (QED) is 0.296. The molecule has 0 unspecified atom stereocenters. The van der Waals surface area contributed by atoms with Crippen LogP contribution in [0.5, 0.6) is 11.5 Å². The number of nitrogens with zero attached hydrogens (tertiary/aromatic N) is 1. The number of hydrogen-bond donors (Lipinski definition) is 3. The lowest BCUT2D eigenvalue weighted by Crippen LogP contribution is -2.46. The Morgan fingerprint density at radius 1 is 1.03 bits per heavy atom. The van der Waals surface area contributed by atoms with Crippen molar-refractivity contribution in [3.63, 3.8) is 0 Å². The number of rotatable bonds is 5. The number of aromatic amines is 1. The SMILES string of the molecule is O=C(NO)[C@H]1c2[nH]c3ccccc3c2CCN1S(=O)(=O)c1ccc(Oc2ccc(F)cc2)cc1. The van der Waals surface area contributed by atoms with Gasteiger partial charge in [0.05, 0.1) is 4.90 Å². The first-order chi connectivity index (χ1) is 16.4. The van der Waals surface area contributed by atoms with Gasteiger partial charge in [-0.25, -0.2) is 18.3 Å². The van der Waals surface area contributed by atoms with E-state index in [9.17, 15) is 22.8 Å². The smallest absolute Gasteiger partial charge is 0.267 e. The molecule has 0 fully saturated rings. The van der Waals surface area contributed by atoms with Crippen molar-refractivity contribution in [2.24, 2.45) is 0 Å². The van der Waals surface area contributed by atoms with Crippen molar-refractivity contribution in [2.45, 2.75) is 17.4 Å². The summed E-state index contributed by atoms with van der Waals surface area (Å²) in [6.07, 6.45) is 0.402. The van der Waals surface area contributed by atoms with Crippen molar-refractivity contribution < 1.29 is 27.5 Å². The molecule has 3 aromatic carbocycles. The Bertz CT molecular complexity index is 1470. The minimum absolute atomic E-state index is 0.0331. The van der Waals surface area contributed by atoms with Crippen LogP contribution in [0.2, 0.25) is 0 Å². The van der Waals surface area contributed by atoms with Gasteiger partial charge in [-0.3, -0.25) is 10.0 Å². The predicted molar refractivity (Wildman–Crippen MR) is 121 cm³/mol. The van der Waals surface area contributed by atoms with Crippen molar-refractivity contribution in [1.29, 1.82) is 0 Å². The Balaban J connectivity index is 1.47. The second-order valence-corrected chi connectivity index (χ2v) is 9.73. The number of carbonyl (C=O) groups excluding carboxylic acids is 1. The van der Waals surface area contributed by atoms with Crippen molar-refractivity contribution >= 4 is 26.8 Å². The largest absolute Gasteiger partial charge is 0.457 e. The monoisotopic (exact) mass is 481 g/mol. The van der Waals surface area contributed by atoms with Gasteiger partial charge in [0, 0.05) is 23.1 Å². The molecule has 5 rings (SSSR count). The second-order valence-electron chi connectivity index (χ2n) is 7.83. The standard InChI is InChI=1S/C24H20FN3O5S/c25-15-5-7-16(8-6-15)33-17-9-11-18(12-10-17)34(31,32)28-14-13-20-19-3-1-2-4-21(19)26-22(20)23(28)24(29)27-30/h1-12,23,26,30H,13-14H2,(H,27,29)/t23-/m1/s1. The summed E-state index contributed by atoms with van der Waals surface area (Å²) in [5.41, 5.74) is 3.66. The Labute approximate surface area is 194 Å². The van der Waals surface area contributed by atoms with Crippen molar-refractivity contribution in [2.75, 3.05) is 6.54 Å². The third-order valence-electron chi connectivity index (χ3n) is 5.83. The molecule has 8 nitrogen and oxygen atoms in total. The highest BCUT2D eigenvalue weighted by atomic mass is 32.2. The molecule has 1 aromatic heterocycles. The highest BCUT2D eigenvalue weighted by Gasteiger charge is 2.42. The zero-order chi connectivity index (χ0) is 23.9.